The zero-order valence-electron chi connectivity index (χ0n) is 8.76. The Hall–Kier alpha value is -1.26. The lowest BCUT2D eigenvalue weighted by Gasteiger charge is -2.14. The number of hydrogen-bond donors (Lipinski definition) is 1. The summed E-state index contributed by atoms with van der Waals surface area (Å²) in [4.78, 5) is 9.85. The normalized spacial score (nSPS) is 19.4. The Balaban J connectivity index is 2.05. The second-order valence-electron chi connectivity index (χ2n) is 3.98. The number of aromatic nitrogens is 2. The molecule has 0 radical (unpaired) electrons. The van der Waals surface area contributed by atoms with Crippen molar-refractivity contribution < 1.29 is 5.11 Å². The van der Waals surface area contributed by atoms with Crippen LogP contribution in [0.1, 0.15) is 29.5 Å². The van der Waals surface area contributed by atoms with Crippen LogP contribution in [0.15, 0.2) is 24.5 Å². The molecule has 0 saturated carbocycles. The fourth-order valence-electron chi connectivity index (χ4n) is 2.01. The van der Waals surface area contributed by atoms with Crippen LogP contribution in [0.25, 0.3) is 10.6 Å². The number of pyridine rings is 1. The van der Waals surface area contributed by atoms with Gasteiger partial charge in [0.05, 0.1) is 11.8 Å². The monoisotopic (exact) mass is 232 g/mol. The maximum atomic E-state index is 9.85. The van der Waals surface area contributed by atoms with E-state index in [4.69, 9.17) is 0 Å². The maximum Gasteiger partial charge on any atom is 0.125 e. The summed E-state index contributed by atoms with van der Waals surface area (Å²) < 4.78 is 0. The molecule has 1 aliphatic carbocycles. The third kappa shape index (κ3) is 1.64. The topological polar surface area (TPSA) is 46.0 Å². The van der Waals surface area contributed by atoms with Crippen molar-refractivity contribution in [2.45, 2.75) is 25.4 Å². The fourth-order valence-corrected chi connectivity index (χ4v) is 3.16. The molecule has 4 heteroatoms. The van der Waals surface area contributed by atoms with Gasteiger partial charge in [-0.15, -0.1) is 11.3 Å². The first-order chi connectivity index (χ1) is 7.84. The van der Waals surface area contributed by atoms with E-state index in [2.05, 4.69) is 9.97 Å². The minimum absolute atomic E-state index is 0.370. The maximum absolute atomic E-state index is 9.85. The number of nitrogens with zero attached hydrogens (tertiary/aromatic N) is 2. The van der Waals surface area contributed by atoms with Gasteiger partial charge in [0, 0.05) is 22.8 Å². The van der Waals surface area contributed by atoms with Crippen molar-refractivity contribution >= 4 is 11.3 Å². The minimum atomic E-state index is -0.370. The van der Waals surface area contributed by atoms with Crippen LogP contribution >= 0.6 is 11.3 Å². The molecule has 0 fully saturated rings. The summed E-state index contributed by atoms with van der Waals surface area (Å²) in [5, 5.41) is 10.8. The van der Waals surface area contributed by atoms with Gasteiger partial charge in [-0.05, 0) is 31.4 Å². The number of hydrogen-bond acceptors (Lipinski definition) is 4. The minimum Gasteiger partial charge on any atom is -0.387 e. The summed E-state index contributed by atoms with van der Waals surface area (Å²) in [6, 6.07) is 3.91. The van der Waals surface area contributed by atoms with Gasteiger partial charge in [-0.2, -0.15) is 0 Å². The van der Waals surface area contributed by atoms with Crippen LogP contribution in [0.5, 0.6) is 0 Å². The Morgan fingerprint density at radius 3 is 3.12 bits per heavy atom. The predicted octanol–water partition coefficient (Wildman–Crippen LogP) is 2.57. The van der Waals surface area contributed by atoms with Crippen molar-refractivity contribution in [1.29, 1.82) is 0 Å². The van der Waals surface area contributed by atoms with Crippen molar-refractivity contribution in [2.24, 2.45) is 0 Å². The van der Waals surface area contributed by atoms with Gasteiger partial charge in [0.25, 0.3) is 0 Å². The van der Waals surface area contributed by atoms with E-state index in [1.807, 2.05) is 18.3 Å². The molecule has 0 bridgehead atoms. The summed E-state index contributed by atoms with van der Waals surface area (Å²) in [7, 11) is 0. The molecule has 0 aromatic carbocycles. The highest BCUT2D eigenvalue weighted by Gasteiger charge is 2.23. The van der Waals surface area contributed by atoms with E-state index in [0.29, 0.717) is 0 Å². The summed E-state index contributed by atoms with van der Waals surface area (Å²) in [5.41, 5.74) is 1.92. The lowest BCUT2D eigenvalue weighted by Crippen LogP contribution is -2.07. The lowest BCUT2D eigenvalue weighted by molar-refractivity contribution is 0.153. The summed E-state index contributed by atoms with van der Waals surface area (Å²) >= 11 is 1.68. The number of rotatable bonds is 1. The first kappa shape index (κ1) is 9.93. The van der Waals surface area contributed by atoms with Crippen LogP contribution in [0.4, 0.5) is 0 Å². The van der Waals surface area contributed by atoms with Crippen molar-refractivity contribution in [3.8, 4) is 10.6 Å². The van der Waals surface area contributed by atoms with Gasteiger partial charge in [-0.1, -0.05) is 0 Å². The average molecular weight is 232 g/mol. The van der Waals surface area contributed by atoms with Crippen LogP contribution < -0.4 is 0 Å². The molecule has 1 N–H and O–H groups in total. The van der Waals surface area contributed by atoms with Crippen LogP contribution in [-0.4, -0.2) is 15.1 Å². The number of aliphatic hydroxyl groups is 1. The van der Waals surface area contributed by atoms with E-state index < -0.39 is 0 Å². The van der Waals surface area contributed by atoms with Crippen LogP contribution in [0.3, 0.4) is 0 Å². The first-order valence-corrected chi connectivity index (χ1v) is 6.24. The van der Waals surface area contributed by atoms with Gasteiger partial charge in [-0.3, -0.25) is 4.98 Å². The lowest BCUT2D eigenvalue weighted by atomic mass is 10.0. The Labute approximate surface area is 97.8 Å². The Morgan fingerprint density at radius 2 is 2.38 bits per heavy atom. The summed E-state index contributed by atoms with van der Waals surface area (Å²) in [6.07, 6.45) is 6.14. The molecule has 0 saturated heterocycles. The third-order valence-electron chi connectivity index (χ3n) is 2.83. The molecular formula is C12H12N2OS. The van der Waals surface area contributed by atoms with E-state index in [0.717, 1.165) is 35.5 Å². The van der Waals surface area contributed by atoms with Crippen LogP contribution in [-0.2, 0) is 6.42 Å². The molecule has 0 amide bonds. The van der Waals surface area contributed by atoms with E-state index in [-0.39, 0.29) is 6.10 Å². The van der Waals surface area contributed by atoms with E-state index in [9.17, 15) is 5.11 Å². The smallest absolute Gasteiger partial charge is 0.125 e. The largest absolute Gasteiger partial charge is 0.387 e. The number of fused-ring (bicyclic) bond motifs is 1. The highest BCUT2D eigenvalue weighted by molar-refractivity contribution is 7.15. The SMILES string of the molecule is OC1CCCc2sc(-c3cccnc3)nc21. The molecule has 2 heterocycles. The van der Waals surface area contributed by atoms with E-state index >= 15 is 0 Å². The van der Waals surface area contributed by atoms with Crippen molar-refractivity contribution in [3.05, 3.63) is 35.1 Å². The highest BCUT2D eigenvalue weighted by atomic mass is 32.1. The van der Waals surface area contributed by atoms with Crippen molar-refractivity contribution in [2.75, 3.05) is 0 Å². The molecule has 0 spiro atoms. The van der Waals surface area contributed by atoms with Gasteiger partial charge in [-0.25, -0.2) is 4.98 Å². The second-order valence-corrected chi connectivity index (χ2v) is 5.06. The standard InChI is InChI=1S/C12H12N2OS/c15-9-4-1-5-10-11(9)14-12(16-10)8-3-2-6-13-7-8/h2-3,6-7,9,15H,1,4-5H2. The zero-order valence-corrected chi connectivity index (χ0v) is 9.57. The predicted molar refractivity (Wildman–Crippen MR) is 63.2 cm³/mol. The molecule has 2 aromatic heterocycles. The van der Waals surface area contributed by atoms with Gasteiger partial charge in [0.2, 0.25) is 0 Å². The van der Waals surface area contributed by atoms with Crippen molar-refractivity contribution in [1.82, 2.24) is 9.97 Å². The van der Waals surface area contributed by atoms with Gasteiger partial charge in [0.15, 0.2) is 0 Å². The molecule has 16 heavy (non-hydrogen) atoms. The number of aryl methyl sites for hydroxylation is 1. The first-order valence-electron chi connectivity index (χ1n) is 5.42. The molecule has 1 aliphatic rings. The Bertz CT molecular complexity index is 495. The van der Waals surface area contributed by atoms with E-state index in [1.165, 1.54) is 4.88 Å². The Kier molecular flexibility index (Phi) is 2.46. The molecule has 3 rings (SSSR count). The summed E-state index contributed by atoms with van der Waals surface area (Å²) in [6.45, 7) is 0. The van der Waals surface area contributed by atoms with Gasteiger partial charge < -0.3 is 5.11 Å². The number of thiazole rings is 1. The van der Waals surface area contributed by atoms with Gasteiger partial charge in [0.1, 0.15) is 5.01 Å². The Morgan fingerprint density at radius 1 is 1.44 bits per heavy atom. The highest BCUT2D eigenvalue weighted by Crippen LogP contribution is 2.36. The molecular weight excluding hydrogens is 220 g/mol. The second kappa shape index (κ2) is 3.96. The summed E-state index contributed by atoms with van der Waals surface area (Å²) in [5.74, 6) is 0. The molecule has 3 nitrogen and oxygen atoms in total. The molecule has 1 atom stereocenters. The zero-order chi connectivity index (χ0) is 11.0. The average Bonchev–Trinajstić information content (AvgIpc) is 2.76. The molecule has 1 unspecified atom stereocenters. The third-order valence-corrected chi connectivity index (χ3v) is 4.01. The quantitative estimate of drug-likeness (QED) is 0.822. The van der Waals surface area contributed by atoms with Crippen molar-refractivity contribution in [3.63, 3.8) is 0 Å². The molecule has 2 aromatic rings. The fraction of sp³-hybridized carbons (Fsp3) is 0.333. The molecule has 0 aliphatic heterocycles. The molecule has 82 valence electrons. The van der Waals surface area contributed by atoms with Crippen LogP contribution in [0, 0.1) is 0 Å². The van der Waals surface area contributed by atoms with Crippen LogP contribution in [0.2, 0.25) is 0 Å². The van der Waals surface area contributed by atoms with Gasteiger partial charge >= 0.3 is 0 Å². The number of aliphatic hydroxyl groups excluding tert-OH is 1. The van der Waals surface area contributed by atoms with E-state index in [1.54, 1.807) is 17.5 Å².